The van der Waals surface area contributed by atoms with Gasteiger partial charge in [-0.15, -0.1) is 0 Å². The standard InChI is InChI=1S/C17H34N4O3/c1-14(2)12-20-17(23)21-9-4-5-15(13-21)11-16(22)19-7-6-18-8-10-24-3/h14-15,18H,4-13H2,1-3H3,(H,19,22)(H,20,23). The van der Waals surface area contributed by atoms with Gasteiger partial charge in [-0.25, -0.2) is 4.79 Å². The van der Waals surface area contributed by atoms with Crippen molar-refractivity contribution in [2.24, 2.45) is 11.8 Å². The minimum absolute atomic E-state index is 0.00356. The molecule has 0 aromatic rings. The fraction of sp³-hybridized carbons (Fsp3) is 0.882. The smallest absolute Gasteiger partial charge is 0.317 e. The van der Waals surface area contributed by atoms with Gasteiger partial charge in [0.15, 0.2) is 0 Å². The molecule has 3 amide bonds. The molecule has 1 rings (SSSR count). The molecule has 7 nitrogen and oxygen atoms in total. The second-order valence-electron chi connectivity index (χ2n) is 6.83. The van der Waals surface area contributed by atoms with Crippen LogP contribution < -0.4 is 16.0 Å². The highest BCUT2D eigenvalue weighted by Gasteiger charge is 2.25. The first-order valence-electron chi connectivity index (χ1n) is 9.02. The SMILES string of the molecule is COCCNCCNC(=O)CC1CCCN(C(=O)NCC(C)C)C1. The van der Waals surface area contributed by atoms with Crippen LogP contribution in [-0.2, 0) is 9.53 Å². The molecular weight excluding hydrogens is 308 g/mol. The quantitative estimate of drug-likeness (QED) is 0.513. The van der Waals surface area contributed by atoms with E-state index in [9.17, 15) is 9.59 Å². The summed E-state index contributed by atoms with van der Waals surface area (Å²) in [5, 5.41) is 9.07. The molecule has 0 saturated carbocycles. The zero-order chi connectivity index (χ0) is 17.8. The van der Waals surface area contributed by atoms with E-state index in [2.05, 4.69) is 29.8 Å². The number of hydrogen-bond acceptors (Lipinski definition) is 4. The second kappa shape index (κ2) is 12.1. The van der Waals surface area contributed by atoms with E-state index >= 15 is 0 Å². The molecule has 1 heterocycles. The van der Waals surface area contributed by atoms with Crippen LogP contribution in [0.15, 0.2) is 0 Å². The van der Waals surface area contributed by atoms with Gasteiger partial charge < -0.3 is 25.6 Å². The lowest BCUT2D eigenvalue weighted by Crippen LogP contribution is -2.47. The lowest BCUT2D eigenvalue weighted by atomic mass is 9.94. The maximum Gasteiger partial charge on any atom is 0.317 e. The van der Waals surface area contributed by atoms with Crippen LogP contribution in [0.2, 0.25) is 0 Å². The largest absolute Gasteiger partial charge is 0.383 e. The summed E-state index contributed by atoms with van der Waals surface area (Å²) >= 11 is 0. The van der Waals surface area contributed by atoms with Gasteiger partial charge in [-0.1, -0.05) is 13.8 Å². The Balaban J connectivity index is 2.19. The molecule has 1 fully saturated rings. The van der Waals surface area contributed by atoms with Crippen molar-refractivity contribution in [3.63, 3.8) is 0 Å². The highest BCUT2D eigenvalue weighted by molar-refractivity contribution is 5.77. The Morgan fingerprint density at radius 3 is 2.71 bits per heavy atom. The molecule has 1 aliphatic rings. The van der Waals surface area contributed by atoms with Crippen molar-refractivity contribution < 1.29 is 14.3 Å². The molecule has 0 aliphatic carbocycles. The summed E-state index contributed by atoms with van der Waals surface area (Å²) in [4.78, 5) is 26.0. The Kier molecular flexibility index (Phi) is 10.4. The van der Waals surface area contributed by atoms with Crippen LogP contribution in [0, 0.1) is 11.8 Å². The molecule has 0 spiro atoms. The fourth-order valence-corrected chi connectivity index (χ4v) is 2.74. The summed E-state index contributed by atoms with van der Waals surface area (Å²) in [5.41, 5.74) is 0. The van der Waals surface area contributed by atoms with Gasteiger partial charge in [0.05, 0.1) is 6.61 Å². The monoisotopic (exact) mass is 342 g/mol. The second-order valence-corrected chi connectivity index (χ2v) is 6.83. The van der Waals surface area contributed by atoms with Crippen molar-refractivity contribution >= 4 is 11.9 Å². The first-order valence-corrected chi connectivity index (χ1v) is 9.02. The maximum atomic E-state index is 12.1. The predicted molar refractivity (Wildman–Crippen MR) is 94.9 cm³/mol. The van der Waals surface area contributed by atoms with E-state index in [1.54, 1.807) is 7.11 Å². The molecule has 1 atom stereocenters. The molecule has 1 aliphatic heterocycles. The number of hydrogen-bond donors (Lipinski definition) is 3. The third-order valence-electron chi connectivity index (χ3n) is 4.05. The number of methoxy groups -OCH3 is 1. The van der Waals surface area contributed by atoms with Crippen molar-refractivity contribution in [3.05, 3.63) is 0 Å². The first kappa shape index (κ1) is 20.7. The van der Waals surface area contributed by atoms with Gasteiger partial charge in [0.1, 0.15) is 0 Å². The zero-order valence-electron chi connectivity index (χ0n) is 15.4. The van der Waals surface area contributed by atoms with Crippen LogP contribution in [0.3, 0.4) is 0 Å². The van der Waals surface area contributed by atoms with Crippen LogP contribution in [0.25, 0.3) is 0 Å². The van der Waals surface area contributed by atoms with E-state index < -0.39 is 0 Å². The van der Waals surface area contributed by atoms with E-state index in [0.29, 0.717) is 38.6 Å². The Morgan fingerprint density at radius 2 is 2.00 bits per heavy atom. The minimum atomic E-state index is -0.00356. The van der Waals surface area contributed by atoms with Crippen molar-refractivity contribution in [2.75, 3.05) is 53.0 Å². The molecule has 3 N–H and O–H groups in total. The number of nitrogens with zero attached hydrogens (tertiary/aromatic N) is 1. The lowest BCUT2D eigenvalue weighted by Gasteiger charge is -2.32. The summed E-state index contributed by atoms with van der Waals surface area (Å²) in [6.07, 6.45) is 2.46. The molecular formula is C17H34N4O3. The molecule has 0 radical (unpaired) electrons. The molecule has 140 valence electrons. The molecule has 1 saturated heterocycles. The van der Waals surface area contributed by atoms with Gasteiger partial charge >= 0.3 is 6.03 Å². The number of rotatable bonds is 10. The van der Waals surface area contributed by atoms with Crippen LogP contribution in [0.5, 0.6) is 0 Å². The van der Waals surface area contributed by atoms with Gasteiger partial charge in [0, 0.05) is 52.8 Å². The molecule has 1 unspecified atom stereocenters. The predicted octanol–water partition coefficient (Wildman–Crippen LogP) is 0.806. The van der Waals surface area contributed by atoms with Crippen LogP contribution in [-0.4, -0.2) is 69.8 Å². The average Bonchev–Trinajstić information content (AvgIpc) is 2.56. The molecule has 0 aromatic carbocycles. The van der Waals surface area contributed by atoms with Gasteiger partial charge in [0.2, 0.25) is 5.91 Å². The van der Waals surface area contributed by atoms with E-state index in [1.165, 1.54) is 0 Å². The Labute approximate surface area is 145 Å². The number of likely N-dealkylation sites (tertiary alicyclic amines) is 1. The maximum absolute atomic E-state index is 12.1. The van der Waals surface area contributed by atoms with Crippen molar-refractivity contribution in [1.29, 1.82) is 0 Å². The Bertz CT molecular complexity index is 377. The first-order chi connectivity index (χ1) is 11.5. The van der Waals surface area contributed by atoms with E-state index in [1.807, 2.05) is 4.90 Å². The number of amides is 3. The average molecular weight is 342 g/mol. The summed E-state index contributed by atoms with van der Waals surface area (Å²) in [6.45, 7) is 9.12. The number of nitrogens with one attached hydrogen (secondary N) is 3. The highest BCUT2D eigenvalue weighted by Crippen LogP contribution is 2.19. The van der Waals surface area contributed by atoms with Gasteiger partial charge in [0.25, 0.3) is 0 Å². The molecule has 0 bridgehead atoms. The Hall–Kier alpha value is -1.34. The molecule has 24 heavy (non-hydrogen) atoms. The highest BCUT2D eigenvalue weighted by atomic mass is 16.5. The molecule has 7 heteroatoms. The van der Waals surface area contributed by atoms with E-state index in [0.717, 1.165) is 32.5 Å². The summed E-state index contributed by atoms with van der Waals surface area (Å²) in [6, 6.07) is -0.00356. The summed E-state index contributed by atoms with van der Waals surface area (Å²) < 4.78 is 4.94. The Morgan fingerprint density at radius 1 is 1.21 bits per heavy atom. The fourth-order valence-electron chi connectivity index (χ4n) is 2.74. The summed E-state index contributed by atoms with van der Waals surface area (Å²) in [5.74, 6) is 0.765. The lowest BCUT2D eigenvalue weighted by molar-refractivity contribution is -0.122. The normalized spacial score (nSPS) is 17.8. The van der Waals surface area contributed by atoms with Crippen molar-refractivity contribution in [1.82, 2.24) is 20.9 Å². The number of ether oxygens (including phenoxy) is 1. The van der Waals surface area contributed by atoms with Gasteiger partial charge in [-0.05, 0) is 24.7 Å². The third kappa shape index (κ3) is 9.08. The number of carbonyl (C=O) groups is 2. The number of urea groups is 1. The number of carbonyl (C=O) groups excluding carboxylic acids is 2. The van der Waals surface area contributed by atoms with Crippen LogP contribution in [0.1, 0.15) is 33.1 Å². The zero-order valence-corrected chi connectivity index (χ0v) is 15.4. The summed E-state index contributed by atoms with van der Waals surface area (Å²) in [7, 11) is 1.67. The third-order valence-corrected chi connectivity index (χ3v) is 4.05. The molecule has 0 aromatic heterocycles. The van der Waals surface area contributed by atoms with Crippen molar-refractivity contribution in [2.45, 2.75) is 33.1 Å². The van der Waals surface area contributed by atoms with Gasteiger partial charge in [-0.3, -0.25) is 4.79 Å². The van der Waals surface area contributed by atoms with E-state index in [-0.39, 0.29) is 17.9 Å². The topological polar surface area (TPSA) is 82.7 Å². The van der Waals surface area contributed by atoms with Crippen molar-refractivity contribution in [3.8, 4) is 0 Å². The number of piperidine rings is 1. The van der Waals surface area contributed by atoms with Gasteiger partial charge in [-0.2, -0.15) is 0 Å². The van der Waals surface area contributed by atoms with Crippen LogP contribution in [0.4, 0.5) is 4.79 Å². The van der Waals surface area contributed by atoms with Crippen LogP contribution >= 0.6 is 0 Å². The van der Waals surface area contributed by atoms with E-state index in [4.69, 9.17) is 4.74 Å². The minimum Gasteiger partial charge on any atom is -0.383 e.